The Balaban J connectivity index is 1.53. The molecule has 0 aromatic heterocycles. The molecular weight excluding hydrogens is 377 g/mol. The molecule has 0 radical (unpaired) electrons. The third kappa shape index (κ3) is 5.03. The Morgan fingerprint density at radius 1 is 1.07 bits per heavy atom. The largest absolute Gasteiger partial charge is 0.367 e. The van der Waals surface area contributed by atoms with E-state index in [0.717, 1.165) is 29.4 Å². The minimum atomic E-state index is -0.251. The molecule has 1 N–H and O–H groups in total. The van der Waals surface area contributed by atoms with Crippen LogP contribution >= 0.6 is 11.6 Å². The number of para-hydroxylation sites is 1. The fraction of sp³-hybridized carbons (Fsp3) is 0.409. The Morgan fingerprint density at radius 2 is 1.71 bits per heavy atom. The minimum Gasteiger partial charge on any atom is -0.367 e. The summed E-state index contributed by atoms with van der Waals surface area (Å²) in [5, 5.41) is 4.09. The first-order valence-corrected chi connectivity index (χ1v) is 10.1. The van der Waals surface area contributed by atoms with Crippen molar-refractivity contribution in [3.05, 3.63) is 64.9 Å². The van der Waals surface area contributed by atoms with Gasteiger partial charge in [0.15, 0.2) is 0 Å². The smallest absolute Gasteiger partial charge is 0.236 e. The van der Waals surface area contributed by atoms with Gasteiger partial charge in [-0.15, -0.1) is 0 Å². The summed E-state index contributed by atoms with van der Waals surface area (Å²) in [5.41, 5.74) is 2.01. The first-order valence-electron chi connectivity index (χ1n) is 9.72. The normalized spacial score (nSPS) is 15.8. The van der Waals surface area contributed by atoms with Gasteiger partial charge in [0.2, 0.25) is 5.91 Å². The number of hydrogen-bond donors (Lipinski definition) is 1. The van der Waals surface area contributed by atoms with Gasteiger partial charge in [-0.3, -0.25) is 4.79 Å². The Bertz CT molecular complexity index is 789. The summed E-state index contributed by atoms with van der Waals surface area (Å²) >= 11 is 6.28. The van der Waals surface area contributed by atoms with Crippen molar-refractivity contribution < 1.29 is 9.18 Å². The number of carbonyl (C=O) groups excluding carboxylic acids is 1. The van der Waals surface area contributed by atoms with E-state index in [1.165, 1.54) is 12.1 Å². The number of rotatable bonds is 6. The molecule has 150 valence electrons. The number of carbonyl (C=O) groups is 1. The lowest BCUT2D eigenvalue weighted by molar-refractivity contribution is -0.130. The van der Waals surface area contributed by atoms with Crippen molar-refractivity contribution in [1.29, 1.82) is 0 Å². The highest BCUT2D eigenvalue weighted by atomic mass is 35.5. The summed E-state index contributed by atoms with van der Waals surface area (Å²) in [6.45, 7) is 7.33. The van der Waals surface area contributed by atoms with Gasteiger partial charge in [-0.25, -0.2) is 4.39 Å². The van der Waals surface area contributed by atoms with Crippen LogP contribution in [0.1, 0.15) is 25.5 Å². The maximum absolute atomic E-state index is 13.2. The number of hydrogen-bond acceptors (Lipinski definition) is 3. The average molecular weight is 404 g/mol. The monoisotopic (exact) mass is 403 g/mol. The van der Waals surface area contributed by atoms with Gasteiger partial charge in [0, 0.05) is 32.2 Å². The number of piperazine rings is 1. The Kier molecular flexibility index (Phi) is 6.92. The molecule has 0 spiro atoms. The maximum atomic E-state index is 13.2. The van der Waals surface area contributed by atoms with Crippen LogP contribution in [0.2, 0.25) is 5.02 Å². The van der Waals surface area contributed by atoms with Crippen LogP contribution in [-0.2, 0) is 4.79 Å². The number of benzene rings is 2. The van der Waals surface area contributed by atoms with E-state index >= 15 is 0 Å². The lowest BCUT2D eigenvalue weighted by atomic mass is 9.96. The van der Waals surface area contributed by atoms with E-state index in [-0.39, 0.29) is 30.2 Å². The van der Waals surface area contributed by atoms with Gasteiger partial charge in [-0.1, -0.05) is 49.7 Å². The molecule has 2 aromatic carbocycles. The zero-order chi connectivity index (χ0) is 20.1. The molecule has 4 nitrogen and oxygen atoms in total. The molecule has 1 amide bonds. The van der Waals surface area contributed by atoms with E-state index in [1.54, 1.807) is 12.1 Å². The van der Waals surface area contributed by atoms with Crippen LogP contribution in [0.25, 0.3) is 0 Å². The molecule has 28 heavy (non-hydrogen) atoms. The van der Waals surface area contributed by atoms with Crippen molar-refractivity contribution in [2.24, 2.45) is 5.92 Å². The molecule has 0 aliphatic carbocycles. The first-order chi connectivity index (χ1) is 13.5. The number of halogens is 2. The molecule has 3 rings (SSSR count). The number of nitrogens with zero attached hydrogens (tertiary/aromatic N) is 2. The molecule has 2 aromatic rings. The van der Waals surface area contributed by atoms with Gasteiger partial charge in [0.05, 0.1) is 17.3 Å². The zero-order valence-electron chi connectivity index (χ0n) is 16.4. The molecule has 1 aliphatic heterocycles. The van der Waals surface area contributed by atoms with Crippen molar-refractivity contribution in [2.45, 2.75) is 19.9 Å². The van der Waals surface area contributed by atoms with Crippen molar-refractivity contribution in [2.75, 3.05) is 37.6 Å². The van der Waals surface area contributed by atoms with Gasteiger partial charge in [-0.2, -0.15) is 0 Å². The van der Waals surface area contributed by atoms with Gasteiger partial charge in [-0.05, 0) is 35.7 Å². The van der Waals surface area contributed by atoms with Crippen LogP contribution in [0.4, 0.5) is 10.1 Å². The molecule has 1 saturated heterocycles. The number of nitrogens with one attached hydrogen (secondary N) is 1. The second kappa shape index (κ2) is 9.39. The summed E-state index contributed by atoms with van der Waals surface area (Å²) in [6.07, 6.45) is 0. The minimum absolute atomic E-state index is 0.00830. The topological polar surface area (TPSA) is 35.6 Å². The standard InChI is InChI=1S/C22H27ClFN3O/c1-16(2)22(17-7-9-18(24)10-8-17)25-15-21(28)27-13-11-26(12-14-27)20-6-4-3-5-19(20)23/h3-10,16,22,25H,11-15H2,1-2H3/t22-/m0/s1. The Hall–Kier alpha value is -2.11. The molecule has 1 aliphatic rings. The fourth-order valence-electron chi connectivity index (χ4n) is 3.62. The maximum Gasteiger partial charge on any atom is 0.236 e. The van der Waals surface area contributed by atoms with E-state index in [2.05, 4.69) is 24.1 Å². The van der Waals surface area contributed by atoms with Crippen LogP contribution < -0.4 is 10.2 Å². The van der Waals surface area contributed by atoms with Crippen molar-refractivity contribution in [1.82, 2.24) is 10.2 Å². The van der Waals surface area contributed by atoms with E-state index in [4.69, 9.17) is 11.6 Å². The van der Waals surface area contributed by atoms with Crippen LogP contribution in [0.15, 0.2) is 48.5 Å². The molecule has 1 heterocycles. The second-order valence-electron chi connectivity index (χ2n) is 7.47. The lowest BCUT2D eigenvalue weighted by Gasteiger charge is -2.37. The molecule has 1 atom stereocenters. The molecule has 1 fully saturated rings. The summed E-state index contributed by atoms with van der Waals surface area (Å²) in [4.78, 5) is 16.8. The SMILES string of the molecule is CC(C)[C@H](NCC(=O)N1CCN(c2ccccc2Cl)CC1)c1ccc(F)cc1. The highest BCUT2D eigenvalue weighted by Crippen LogP contribution is 2.26. The predicted molar refractivity (Wildman–Crippen MR) is 112 cm³/mol. The van der Waals surface area contributed by atoms with Crippen molar-refractivity contribution in [3.63, 3.8) is 0 Å². The van der Waals surface area contributed by atoms with Gasteiger partial charge in [0.1, 0.15) is 5.82 Å². The van der Waals surface area contributed by atoms with Crippen LogP contribution in [-0.4, -0.2) is 43.5 Å². The third-order valence-electron chi connectivity index (χ3n) is 5.19. The summed E-state index contributed by atoms with van der Waals surface area (Å²) in [7, 11) is 0. The van der Waals surface area contributed by atoms with Crippen LogP contribution in [0, 0.1) is 11.7 Å². The number of anilines is 1. The first kappa shape index (κ1) is 20.6. The van der Waals surface area contributed by atoms with E-state index in [0.29, 0.717) is 13.1 Å². The van der Waals surface area contributed by atoms with Gasteiger partial charge < -0.3 is 15.1 Å². The zero-order valence-corrected chi connectivity index (χ0v) is 17.1. The highest BCUT2D eigenvalue weighted by Gasteiger charge is 2.23. The molecule has 6 heteroatoms. The van der Waals surface area contributed by atoms with Crippen molar-refractivity contribution >= 4 is 23.2 Å². The van der Waals surface area contributed by atoms with E-state index in [1.807, 2.05) is 29.2 Å². The molecule has 0 unspecified atom stereocenters. The third-order valence-corrected chi connectivity index (χ3v) is 5.51. The quantitative estimate of drug-likeness (QED) is 0.788. The van der Waals surface area contributed by atoms with E-state index < -0.39 is 0 Å². The Morgan fingerprint density at radius 3 is 2.32 bits per heavy atom. The van der Waals surface area contributed by atoms with Gasteiger partial charge >= 0.3 is 0 Å². The van der Waals surface area contributed by atoms with E-state index in [9.17, 15) is 9.18 Å². The number of amides is 1. The van der Waals surface area contributed by atoms with Crippen LogP contribution in [0.3, 0.4) is 0 Å². The van der Waals surface area contributed by atoms with Crippen LogP contribution in [0.5, 0.6) is 0 Å². The van der Waals surface area contributed by atoms with Crippen molar-refractivity contribution in [3.8, 4) is 0 Å². The lowest BCUT2D eigenvalue weighted by Crippen LogP contribution is -2.51. The summed E-state index contributed by atoms with van der Waals surface area (Å²) < 4.78 is 13.2. The second-order valence-corrected chi connectivity index (χ2v) is 7.88. The average Bonchev–Trinajstić information content (AvgIpc) is 2.69. The summed E-state index contributed by atoms with van der Waals surface area (Å²) in [5.74, 6) is 0.126. The molecule has 0 bridgehead atoms. The highest BCUT2D eigenvalue weighted by molar-refractivity contribution is 6.33. The molecular formula is C22H27ClFN3O. The predicted octanol–water partition coefficient (Wildman–Crippen LogP) is 4.11. The summed E-state index contributed by atoms with van der Waals surface area (Å²) in [6, 6.07) is 14.3. The molecule has 0 saturated carbocycles. The fourth-order valence-corrected chi connectivity index (χ4v) is 3.88. The van der Waals surface area contributed by atoms with Gasteiger partial charge in [0.25, 0.3) is 0 Å². The Labute approximate surface area is 171 Å².